The van der Waals surface area contributed by atoms with Gasteiger partial charge in [-0.15, -0.1) is 0 Å². The molecule has 2 N–H and O–H groups in total. The van der Waals surface area contributed by atoms with Gasteiger partial charge in [0.1, 0.15) is 11.6 Å². The Morgan fingerprint density at radius 3 is 2.61 bits per heavy atom. The molecule has 0 saturated carbocycles. The Morgan fingerprint density at radius 2 is 2.11 bits per heavy atom. The third-order valence-electron chi connectivity index (χ3n) is 2.11. The van der Waals surface area contributed by atoms with Gasteiger partial charge in [-0.1, -0.05) is 0 Å². The molecule has 2 amide bonds. The van der Waals surface area contributed by atoms with E-state index in [1.165, 1.54) is 0 Å². The van der Waals surface area contributed by atoms with Gasteiger partial charge in [-0.25, -0.2) is 14.4 Å². The Bertz CT molecular complexity index is 348. The molecule has 1 fully saturated rings. The predicted molar refractivity (Wildman–Crippen MR) is 61.9 cm³/mol. The molecule has 102 valence electrons. The first-order valence-corrected chi connectivity index (χ1v) is 5.77. The number of cyclic esters (lactones) is 2. The Labute approximate surface area is 105 Å². The molecule has 0 spiro atoms. The van der Waals surface area contributed by atoms with E-state index in [-0.39, 0.29) is 0 Å². The SMILES string of the molecule is CC(C)(C)OC(=O)NCCC[C@@H]1NC(=O)OC1=O. The lowest BCUT2D eigenvalue weighted by molar-refractivity contribution is -0.135. The summed E-state index contributed by atoms with van der Waals surface area (Å²) in [6.07, 6.45) is -0.259. The number of carbonyl (C=O) groups excluding carboxylic acids is 3. The number of hydrogen-bond donors (Lipinski definition) is 2. The van der Waals surface area contributed by atoms with E-state index in [0.29, 0.717) is 19.4 Å². The summed E-state index contributed by atoms with van der Waals surface area (Å²) in [6, 6.07) is -0.613. The van der Waals surface area contributed by atoms with Gasteiger partial charge in [0.25, 0.3) is 0 Å². The Kier molecular flexibility index (Phi) is 4.52. The van der Waals surface area contributed by atoms with E-state index in [0.717, 1.165) is 0 Å². The molecule has 7 nitrogen and oxygen atoms in total. The maximum atomic E-state index is 11.3. The fourth-order valence-corrected chi connectivity index (χ4v) is 1.39. The zero-order valence-electron chi connectivity index (χ0n) is 10.7. The second-order valence-electron chi connectivity index (χ2n) is 4.98. The predicted octanol–water partition coefficient (Wildman–Crippen LogP) is 0.926. The molecule has 0 bridgehead atoms. The van der Waals surface area contributed by atoms with Crippen LogP contribution in [0, 0.1) is 0 Å². The molecule has 1 aliphatic heterocycles. The summed E-state index contributed by atoms with van der Waals surface area (Å²) in [4.78, 5) is 33.1. The summed E-state index contributed by atoms with van der Waals surface area (Å²) in [5.41, 5.74) is -0.534. The van der Waals surface area contributed by atoms with Crippen LogP contribution in [0.25, 0.3) is 0 Å². The summed E-state index contributed by atoms with van der Waals surface area (Å²) in [5, 5.41) is 4.94. The van der Waals surface area contributed by atoms with Crippen LogP contribution in [0.4, 0.5) is 9.59 Å². The fraction of sp³-hybridized carbons (Fsp3) is 0.727. The van der Waals surface area contributed by atoms with Gasteiger partial charge in [0.2, 0.25) is 0 Å². The lowest BCUT2D eigenvalue weighted by Gasteiger charge is -2.19. The van der Waals surface area contributed by atoms with Crippen molar-refractivity contribution < 1.29 is 23.9 Å². The van der Waals surface area contributed by atoms with Crippen molar-refractivity contribution in [3.05, 3.63) is 0 Å². The molecule has 1 atom stereocenters. The molecule has 1 heterocycles. The number of ether oxygens (including phenoxy) is 2. The first-order chi connectivity index (χ1) is 8.28. The number of rotatable bonds is 4. The number of nitrogens with one attached hydrogen (secondary N) is 2. The van der Waals surface area contributed by atoms with Crippen molar-refractivity contribution in [2.75, 3.05) is 6.54 Å². The zero-order valence-corrected chi connectivity index (χ0v) is 10.7. The second kappa shape index (κ2) is 5.70. The first kappa shape index (κ1) is 14.3. The maximum Gasteiger partial charge on any atom is 0.415 e. The van der Waals surface area contributed by atoms with Crippen molar-refractivity contribution in [2.24, 2.45) is 0 Å². The molecule has 0 aromatic heterocycles. The summed E-state index contributed by atoms with van der Waals surface area (Å²) in [7, 11) is 0. The topological polar surface area (TPSA) is 93.7 Å². The highest BCUT2D eigenvalue weighted by Gasteiger charge is 2.31. The van der Waals surface area contributed by atoms with Crippen LogP contribution in [0.3, 0.4) is 0 Å². The van der Waals surface area contributed by atoms with E-state index in [9.17, 15) is 14.4 Å². The third kappa shape index (κ3) is 5.03. The van der Waals surface area contributed by atoms with Crippen LogP contribution >= 0.6 is 0 Å². The van der Waals surface area contributed by atoms with Gasteiger partial charge in [-0.2, -0.15) is 0 Å². The maximum absolute atomic E-state index is 11.3. The highest BCUT2D eigenvalue weighted by molar-refractivity contribution is 5.95. The van der Waals surface area contributed by atoms with E-state index < -0.39 is 29.8 Å². The van der Waals surface area contributed by atoms with Crippen LogP contribution in [0.2, 0.25) is 0 Å². The van der Waals surface area contributed by atoms with Gasteiger partial charge in [-0.05, 0) is 33.6 Å². The number of amides is 2. The molecule has 1 rings (SSSR count). The van der Waals surface area contributed by atoms with Gasteiger partial charge in [-0.3, -0.25) is 0 Å². The Morgan fingerprint density at radius 1 is 1.44 bits per heavy atom. The Hall–Kier alpha value is -1.79. The average Bonchev–Trinajstić information content (AvgIpc) is 2.49. The van der Waals surface area contributed by atoms with Gasteiger partial charge < -0.3 is 20.1 Å². The van der Waals surface area contributed by atoms with Crippen LogP contribution in [0.5, 0.6) is 0 Å². The van der Waals surface area contributed by atoms with E-state index in [1.54, 1.807) is 20.8 Å². The molecule has 0 aromatic rings. The zero-order chi connectivity index (χ0) is 13.8. The molecule has 0 aromatic carbocycles. The summed E-state index contributed by atoms with van der Waals surface area (Å²) in [5.74, 6) is -0.572. The highest BCUT2D eigenvalue weighted by atomic mass is 16.6. The van der Waals surface area contributed by atoms with Crippen molar-refractivity contribution in [1.29, 1.82) is 0 Å². The molecule has 0 radical (unpaired) electrons. The molecule has 7 heteroatoms. The number of carbonyl (C=O) groups is 3. The summed E-state index contributed by atoms with van der Waals surface area (Å²) in [6.45, 7) is 5.69. The first-order valence-electron chi connectivity index (χ1n) is 5.77. The number of hydrogen-bond acceptors (Lipinski definition) is 5. The second-order valence-corrected chi connectivity index (χ2v) is 4.98. The van der Waals surface area contributed by atoms with Crippen molar-refractivity contribution >= 4 is 18.2 Å². The third-order valence-corrected chi connectivity index (χ3v) is 2.11. The van der Waals surface area contributed by atoms with Crippen molar-refractivity contribution in [2.45, 2.75) is 45.3 Å². The molecule has 1 saturated heterocycles. The van der Waals surface area contributed by atoms with E-state index >= 15 is 0 Å². The van der Waals surface area contributed by atoms with E-state index in [4.69, 9.17) is 4.74 Å². The van der Waals surface area contributed by atoms with Crippen LogP contribution in [0.1, 0.15) is 33.6 Å². The van der Waals surface area contributed by atoms with E-state index in [2.05, 4.69) is 15.4 Å². The Balaban J connectivity index is 2.14. The molecule has 0 unspecified atom stereocenters. The lowest BCUT2D eigenvalue weighted by Crippen LogP contribution is -2.34. The summed E-state index contributed by atoms with van der Waals surface area (Å²) < 4.78 is 9.35. The van der Waals surface area contributed by atoms with Crippen molar-refractivity contribution in [3.8, 4) is 0 Å². The fourth-order valence-electron chi connectivity index (χ4n) is 1.39. The van der Waals surface area contributed by atoms with Crippen LogP contribution in [-0.4, -0.2) is 36.3 Å². The number of alkyl carbamates (subject to hydrolysis) is 2. The summed E-state index contributed by atoms with van der Waals surface area (Å²) >= 11 is 0. The highest BCUT2D eigenvalue weighted by Crippen LogP contribution is 2.08. The number of esters is 1. The standard InChI is InChI=1S/C11H18N2O5/c1-11(2,3)18-9(15)12-6-4-5-7-8(14)17-10(16)13-7/h7H,4-6H2,1-3H3,(H,12,15)(H,13,16)/t7-/m0/s1. The minimum atomic E-state index is -0.717. The van der Waals surface area contributed by atoms with E-state index in [1.807, 2.05) is 0 Å². The minimum absolute atomic E-state index is 0.370. The van der Waals surface area contributed by atoms with Crippen LogP contribution in [-0.2, 0) is 14.3 Å². The quantitative estimate of drug-likeness (QED) is 0.444. The van der Waals surface area contributed by atoms with Gasteiger partial charge in [0.15, 0.2) is 0 Å². The molecular formula is C11H18N2O5. The van der Waals surface area contributed by atoms with Gasteiger partial charge in [0, 0.05) is 6.54 Å². The molecule has 0 aliphatic carbocycles. The average molecular weight is 258 g/mol. The molecular weight excluding hydrogens is 240 g/mol. The van der Waals surface area contributed by atoms with Crippen LogP contribution in [0.15, 0.2) is 0 Å². The minimum Gasteiger partial charge on any atom is -0.444 e. The molecule has 18 heavy (non-hydrogen) atoms. The van der Waals surface area contributed by atoms with Crippen LogP contribution < -0.4 is 10.6 Å². The van der Waals surface area contributed by atoms with Gasteiger partial charge in [0.05, 0.1) is 0 Å². The largest absolute Gasteiger partial charge is 0.444 e. The lowest BCUT2D eigenvalue weighted by atomic mass is 10.1. The van der Waals surface area contributed by atoms with Crippen molar-refractivity contribution in [1.82, 2.24) is 10.6 Å². The van der Waals surface area contributed by atoms with Gasteiger partial charge >= 0.3 is 18.2 Å². The smallest absolute Gasteiger partial charge is 0.415 e. The molecule has 1 aliphatic rings. The van der Waals surface area contributed by atoms with Crippen molar-refractivity contribution in [3.63, 3.8) is 0 Å². The normalized spacial score (nSPS) is 19.2. The monoisotopic (exact) mass is 258 g/mol.